The molecule has 1 fully saturated rings. The first-order chi connectivity index (χ1) is 11.5. The molecule has 1 heterocycles. The number of para-hydroxylation sites is 1. The third-order valence-electron chi connectivity index (χ3n) is 5.68. The van der Waals surface area contributed by atoms with Crippen LogP contribution in [0.25, 0.3) is 0 Å². The van der Waals surface area contributed by atoms with Gasteiger partial charge in [-0.25, -0.2) is 0 Å². The van der Waals surface area contributed by atoms with Gasteiger partial charge in [-0.3, -0.25) is 4.79 Å². The van der Waals surface area contributed by atoms with Crippen molar-refractivity contribution in [2.75, 3.05) is 26.3 Å². The molecule has 0 radical (unpaired) electrons. The van der Waals surface area contributed by atoms with E-state index in [0.29, 0.717) is 19.0 Å². The molecule has 1 atom stereocenters. The number of carbonyl (C=O) groups is 1. The van der Waals surface area contributed by atoms with E-state index in [1.165, 1.54) is 0 Å². The summed E-state index contributed by atoms with van der Waals surface area (Å²) in [7, 11) is 0. The number of aliphatic hydroxyl groups excluding tert-OH is 1. The fraction of sp³-hybridized carbons (Fsp3) is 0.650. The predicted molar refractivity (Wildman–Crippen MR) is 96.3 cm³/mol. The number of benzene rings is 1. The van der Waals surface area contributed by atoms with Crippen molar-refractivity contribution in [3.05, 3.63) is 29.8 Å². The van der Waals surface area contributed by atoms with Crippen LogP contribution < -0.4 is 4.74 Å². The highest BCUT2D eigenvalue weighted by Crippen LogP contribution is 2.34. The fourth-order valence-electron chi connectivity index (χ4n) is 3.32. The van der Waals surface area contributed by atoms with E-state index in [4.69, 9.17) is 4.74 Å². The Bertz CT molecular complexity index is 529. The van der Waals surface area contributed by atoms with Crippen molar-refractivity contribution in [1.29, 1.82) is 0 Å². The zero-order chi connectivity index (χ0) is 17.6. The smallest absolute Gasteiger partial charge is 0.260 e. The van der Waals surface area contributed by atoms with Crippen molar-refractivity contribution in [3.63, 3.8) is 0 Å². The summed E-state index contributed by atoms with van der Waals surface area (Å²) in [6, 6.07) is 7.98. The molecule has 0 saturated carbocycles. The van der Waals surface area contributed by atoms with E-state index < -0.39 is 0 Å². The molecule has 1 aromatic carbocycles. The Hall–Kier alpha value is -1.55. The van der Waals surface area contributed by atoms with Crippen LogP contribution in [0.4, 0.5) is 0 Å². The molecular weight excluding hydrogens is 302 g/mol. The Labute approximate surface area is 145 Å². The number of amides is 1. The maximum atomic E-state index is 12.4. The van der Waals surface area contributed by atoms with Gasteiger partial charge in [0.05, 0.1) is 0 Å². The van der Waals surface area contributed by atoms with Gasteiger partial charge in [-0.2, -0.15) is 0 Å². The average molecular weight is 333 g/mol. The summed E-state index contributed by atoms with van der Waals surface area (Å²) < 4.78 is 5.84. The first kappa shape index (κ1) is 18.8. The molecule has 24 heavy (non-hydrogen) atoms. The van der Waals surface area contributed by atoms with E-state index in [0.717, 1.165) is 37.0 Å². The molecule has 0 bridgehead atoms. The monoisotopic (exact) mass is 333 g/mol. The quantitative estimate of drug-likeness (QED) is 0.829. The topological polar surface area (TPSA) is 49.8 Å². The highest BCUT2D eigenvalue weighted by Gasteiger charge is 2.33. The second kappa shape index (κ2) is 8.52. The number of ether oxygens (including phenoxy) is 1. The minimum atomic E-state index is 0.000788. The molecule has 1 unspecified atom stereocenters. The van der Waals surface area contributed by atoms with Gasteiger partial charge in [0.1, 0.15) is 5.75 Å². The van der Waals surface area contributed by atoms with Crippen LogP contribution in [0.1, 0.15) is 57.9 Å². The second-order valence-electron chi connectivity index (χ2n) is 7.03. The lowest BCUT2D eigenvalue weighted by Crippen LogP contribution is -2.46. The second-order valence-corrected chi connectivity index (χ2v) is 7.03. The number of aliphatic hydroxyl groups is 1. The summed E-state index contributed by atoms with van der Waals surface area (Å²) in [5.41, 5.74) is 1.16. The number of likely N-dealkylation sites (tertiary alicyclic amines) is 1. The van der Waals surface area contributed by atoms with Gasteiger partial charge in [-0.1, -0.05) is 39.0 Å². The summed E-state index contributed by atoms with van der Waals surface area (Å²) in [6.45, 7) is 8.17. The van der Waals surface area contributed by atoms with Gasteiger partial charge in [-0.15, -0.1) is 0 Å². The van der Waals surface area contributed by atoms with Crippen molar-refractivity contribution >= 4 is 5.91 Å². The number of piperidine rings is 1. The lowest BCUT2D eigenvalue weighted by Gasteiger charge is -2.40. The molecule has 1 aliphatic rings. The summed E-state index contributed by atoms with van der Waals surface area (Å²) in [4.78, 5) is 14.3. The molecule has 4 nitrogen and oxygen atoms in total. The molecule has 1 aromatic rings. The van der Waals surface area contributed by atoms with Gasteiger partial charge in [0.15, 0.2) is 6.61 Å². The molecule has 1 amide bonds. The number of hydrogen-bond acceptors (Lipinski definition) is 3. The SMILES string of the molecule is CCC(C)c1ccccc1OCC(=O)N1CCC(CC)(CO)CC1. The van der Waals surface area contributed by atoms with Crippen molar-refractivity contribution in [1.82, 2.24) is 4.90 Å². The van der Waals surface area contributed by atoms with Crippen LogP contribution in [0.3, 0.4) is 0 Å². The van der Waals surface area contributed by atoms with Crippen molar-refractivity contribution in [2.45, 2.75) is 52.4 Å². The van der Waals surface area contributed by atoms with Crippen molar-refractivity contribution in [2.24, 2.45) is 5.41 Å². The van der Waals surface area contributed by atoms with Gasteiger partial charge in [0, 0.05) is 19.7 Å². The Kier molecular flexibility index (Phi) is 6.67. The number of nitrogens with zero attached hydrogens (tertiary/aromatic N) is 1. The molecule has 0 aliphatic carbocycles. The molecule has 0 aromatic heterocycles. The lowest BCUT2D eigenvalue weighted by molar-refractivity contribution is -0.136. The van der Waals surface area contributed by atoms with Crippen LogP contribution in [0.2, 0.25) is 0 Å². The summed E-state index contributed by atoms with van der Waals surface area (Å²) in [6.07, 6.45) is 3.75. The van der Waals surface area contributed by atoms with Crippen LogP contribution in [-0.2, 0) is 4.79 Å². The third kappa shape index (κ3) is 4.29. The van der Waals surface area contributed by atoms with E-state index in [2.05, 4.69) is 26.8 Å². The standard InChI is InChI=1S/C20H31NO3/c1-4-16(3)17-8-6-7-9-18(17)24-14-19(23)21-12-10-20(5-2,15-22)11-13-21/h6-9,16,22H,4-5,10-15H2,1-3H3. The third-order valence-corrected chi connectivity index (χ3v) is 5.68. The van der Waals surface area contributed by atoms with E-state index >= 15 is 0 Å². The Morgan fingerprint density at radius 3 is 2.54 bits per heavy atom. The highest BCUT2D eigenvalue weighted by molar-refractivity contribution is 5.78. The fourth-order valence-corrected chi connectivity index (χ4v) is 3.32. The van der Waals surface area contributed by atoms with Crippen LogP contribution in [0, 0.1) is 5.41 Å². The highest BCUT2D eigenvalue weighted by atomic mass is 16.5. The Morgan fingerprint density at radius 2 is 1.96 bits per heavy atom. The Balaban J connectivity index is 1.91. The zero-order valence-electron chi connectivity index (χ0n) is 15.3. The predicted octanol–water partition coefficient (Wildman–Crippen LogP) is 3.59. The van der Waals surface area contributed by atoms with Gasteiger partial charge >= 0.3 is 0 Å². The van der Waals surface area contributed by atoms with E-state index in [1.54, 1.807) is 0 Å². The summed E-state index contributed by atoms with van der Waals surface area (Å²) in [5, 5.41) is 9.60. The molecule has 2 rings (SSSR count). The molecule has 1 saturated heterocycles. The van der Waals surface area contributed by atoms with Gasteiger partial charge < -0.3 is 14.7 Å². The largest absolute Gasteiger partial charge is 0.483 e. The van der Waals surface area contributed by atoms with E-state index in [9.17, 15) is 9.90 Å². The average Bonchev–Trinajstić information content (AvgIpc) is 2.65. The number of rotatable bonds is 7. The maximum absolute atomic E-state index is 12.4. The molecule has 1 N–H and O–H groups in total. The molecule has 0 spiro atoms. The van der Waals surface area contributed by atoms with Crippen LogP contribution in [-0.4, -0.2) is 42.2 Å². The molecule has 4 heteroatoms. The number of hydrogen-bond donors (Lipinski definition) is 1. The van der Waals surface area contributed by atoms with Crippen LogP contribution in [0.5, 0.6) is 5.75 Å². The zero-order valence-corrected chi connectivity index (χ0v) is 15.3. The van der Waals surface area contributed by atoms with Crippen molar-refractivity contribution in [3.8, 4) is 5.75 Å². The summed E-state index contributed by atoms with van der Waals surface area (Å²) in [5.74, 6) is 1.27. The first-order valence-corrected chi connectivity index (χ1v) is 9.15. The molecule has 134 valence electrons. The van der Waals surface area contributed by atoms with Gasteiger partial charge in [0.2, 0.25) is 0 Å². The summed E-state index contributed by atoms with van der Waals surface area (Å²) >= 11 is 0. The van der Waals surface area contributed by atoms with Crippen LogP contribution in [0.15, 0.2) is 24.3 Å². The van der Waals surface area contributed by atoms with Crippen molar-refractivity contribution < 1.29 is 14.6 Å². The minimum absolute atomic E-state index is 0.000788. The first-order valence-electron chi connectivity index (χ1n) is 9.15. The van der Waals surface area contributed by atoms with Crippen LogP contribution >= 0.6 is 0 Å². The van der Waals surface area contributed by atoms with E-state index in [1.807, 2.05) is 23.1 Å². The molecule has 1 aliphatic heterocycles. The Morgan fingerprint density at radius 1 is 1.29 bits per heavy atom. The minimum Gasteiger partial charge on any atom is -0.483 e. The van der Waals surface area contributed by atoms with Gasteiger partial charge in [-0.05, 0) is 48.6 Å². The molecular formula is C20H31NO3. The lowest BCUT2D eigenvalue weighted by atomic mass is 9.77. The number of carbonyl (C=O) groups excluding carboxylic acids is 1. The maximum Gasteiger partial charge on any atom is 0.260 e. The van der Waals surface area contributed by atoms with Gasteiger partial charge in [0.25, 0.3) is 5.91 Å². The normalized spacial score (nSPS) is 18.2. The van der Waals surface area contributed by atoms with E-state index in [-0.39, 0.29) is 24.5 Å².